The van der Waals surface area contributed by atoms with Crippen molar-refractivity contribution >= 4 is 28.7 Å². The topological polar surface area (TPSA) is 103 Å². The second-order valence-electron chi connectivity index (χ2n) is 9.74. The molecular formula is C30H37N5O5. The maximum Gasteiger partial charge on any atom is 0.295 e. The fourth-order valence-corrected chi connectivity index (χ4v) is 5.09. The standard InChI is InChI=1S/C30H37N5O5/c1-4-38-25-17-21(18-26(39-5-2)29(25)35-13-6-7-14-35)19-34-15-11-22(12-16-34)31-30-33-28-23(32-27(36)20-37-3)9-8-10-24(28)40-30/h6-10,13-14,17-18,22H,4-5,11-12,15-16,19-20H2,1-3H3,(H,31,33)(H,32,36). The summed E-state index contributed by atoms with van der Waals surface area (Å²) in [5.41, 5.74) is 3.93. The molecule has 212 valence electrons. The first-order valence-corrected chi connectivity index (χ1v) is 13.8. The van der Waals surface area contributed by atoms with Crippen LogP contribution >= 0.6 is 0 Å². The largest absolute Gasteiger partial charge is 0.492 e. The Morgan fingerprint density at radius 3 is 2.40 bits per heavy atom. The number of nitrogens with zero attached hydrogens (tertiary/aromatic N) is 3. The van der Waals surface area contributed by atoms with E-state index in [4.69, 9.17) is 18.6 Å². The van der Waals surface area contributed by atoms with Gasteiger partial charge in [0.25, 0.3) is 6.01 Å². The molecule has 10 nitrogen and oxygen atoms in total. The predicted octanol–water partition coefficient (Wildman–Crippen LogP) is 5.08. The number of carbonyl (C=O) groups is 1. The van der Waals surface area contributed by atoms with Crippen LogP contribution in [-0.4, -0.2) is 66.4 Å². The number of nitrogens with one attached hydrogen (secondary N) is 2. The number of methoxy groups -OCH3 is 1. The van der Waals surface area contributed by atoms with Crippen molar-refractivity contribution in [3.8, 4) is 17.2 Å². The lowest BCUT2D eigenvalue weighted by atomic mass is 10.0. The smallest absolute Gasteiger partial charge is 0.295 e. The zero-order valence-electron chi connectivity index (χ0n) is 23.3. The highest BCUT2D eigenvalue weighted by molar-refractivity contribution is 5.99. The van der Waals surface area contributed by atoms with Crippen molar-refractivity contribution < 1.29 is 23.4 Å². The molecule has 1 amide bonds. The lowest BCUT2D eigenvalue weighted by Crippen LogP contribution is -2.38. The number of oxazole rings is 1. The summed E-state index contributed by atoms with van der Waals surface area (Å²) in [7, 11) is 1.49. The Balaban J connectivity index is 1.23. The lowest BCUT2D eigenvalue weighted by molar-refractivity contribution is -0.119. The molecule has 40 heavy (non-hydrogen) atoms. The fourth-order valence-electron chi connectivity index (χ4n) is 5.09. The summed E-state index contributed by atoms with van der Waals surface area (Å²) in [5.74, 6) is 1.41. The van der Waals surface area contributed by atoms with Gasteiger partial charge in [0.2, 0.25) is 5.91 Å². The number of hydrogen-bond donors (Lipinski definition) is 2. The molecule has 1 fully saturated rings. The summed E-state index contributed by atoms with van der Waals surface area (Å²) in [6, 6.07) is 14.4. The molecule has 1 saturated heterocycles. The molecule has 0 unspecified atom stereocenters. The van der Waals surface area contributed by atoms with Crippen molar-refractivity contribution in [2.75, 3.05) is 50.7 Å². The van der Waals surface area contributed by atoms with Crippen LogP contribution in [0.4, 0.5) is 11.7 Å². The third kappa shape index (κ3) is 6.40. The lowest BCUT2D eigenvalue weighted by Gasteiger charge is -2.32. The predicted molar refractivity (Wildman–Crippen MR) is 155 cm³/mol. The highest BCUT2D eigenvalue weighted by Crippen LogP contribution is 2.36. The minimum absolute atomic E-state index is 0.0188. The molecule has 0 spiro atoms. The van der Waals surface area contributed by atoms with Gasteiger partial charge in [-0.05, 0) is 68.7 Å². The third-order valence-corrected chi connectivity index (χ3v) is 6.85. The number of rotatable bonds is 12. The molecule has 0 radical (unpaired) electrons. The van der Waals surface area contributed by atoms with Crippen LogP contribution in [0, 0.1) is 0 Å². The van der Waals surface area contributed by atoms with Gasteiger partial charge in [0.15, 0.2) is 5.58 Å². The highest BCUT2D eigenvalue weighted by Gasteiger charge is 2.23. The van der Waals surface area contributed by atoms with Gasteiger partial charge >= 0.3 is 0 Å². The number of para-hydroxylation sites is 1. The fraction of sp³-hybridized carbons (Fsp3) is 0.400. The van der Waals surface area contributed by atoms with Crippen LogP contribution in [0.15, 0.2) is 59.3 Å². The highest BCUT2D eigenvalue weighted by atomic mass is 16.5. The Bertz CT molecular complexity index is 1380. The van der Waals surface area contributed by atoms with Crippen molar-refractivity contribution in [1.29, 1.82) is 0 Å². The van der Waals surface area contributed by atoms with E-state index in [0.29, 0.717) is 36.0 Å². The normalized spacial score (nSPS) is 14.4. The maximum atomic E-state index is 12.0. The summed E-state index contributed by atoms with van der Waals surface area (Å²) in [4.78, 5) is 19.0. The van der Waals surface area contributed by atoms with E-state index in [0.717, 1.165) is 55.2 Å². The van der Waals surface area contributed by atoms with Crippen LogP contribution in [0.5, 0.6) is 11.5 Å². The molecule has 0 saturated carbocycles. The quantitative estimate of drug-likeness (QED) is 0.253. The monoisotopic (exact) mass is 547 g/mol. The molecule has 2 aromatic heterocycles. The van der Waals surface area contributed by atoms with Gasteiger partial charge in [-0.1, -0.05) is 6.07 Å². The molecule has 3 heterocycles. The van der Waals surface area contributed by atoms with Gasteiger partial charge in [0.1, 0.15) is 29.3 Å². The number of fused-ring (bicyclic) bond motifs is 1. The summed E-state index contributed by atoms with van der Waals surface area (Å²) in [6.07, 6.45) is 5.92. The van der Waals surface area contributed by atoms with Crippen LogP contribution < -0.4 is 20.1 Å². The van der Waals surface area contributed by atoms with Gasteiger partial charge in [0.05, 0.1) is 18.9 Å². The number of carbonyl (C=O) groups excluding carboxylic acids is 1. The van der Waals surface area contributed by atoms with Crippen molar-refractivity contribution in [1.82, 2.24) is 14.5 Å². The van der Waals surface area contributed by atoms with E-state index >= 15 is 0 Å². The first kappa shape index (κ1) is 27.5. The molecule has 2 N–H and O–H groups in total. The average Bonchev–Trinajstić information content (AvgIpc) is 3.61. The Morgan fingerprint density at radius 2 is 1.75 bits per heavy atom. The van der Waals surface area contributed by atoms with Crippen LogP contribution in [-0.2, 0) is 16.1 Å². The average molecular weight is 548 g/mol. The minimum Gasteiger partial charge on any atom is -0.492 e. The Kier molecular flexibility index (Phi) is 8.87. The first-order valence-electron chi connectivity index (χ1n) is 13.8. The van der Waals surface area contributed by atoms with Crippen molar-refractivity contribution in [3.63, 3.8) is 0 Å². The summed E-state index contributed by atoms with van der Waals surface area (Å²) >= 11 is 0. The van der Waals surface area contributed by atoms with Crippen LogP contribution in [0.1, 0.15) is 32.3 Å². The molecule has 0 aliphatic carbocycles. The second kappa shape index (κ2) is 12.9. The number of benzene rings is 2. The molecule has 0 atom stereocenters. The molecule has 0 bridgehead atoms. The van der Waals surface area contributed by atoms with Crippen LogP contribution in [0.2, 0.25) is 0 Å². The van der Waals surface area contributed by atoms with Crippen molar-refractivity contribution in [2.45, 2.75) is 39.3 Å². The Labute approximate surface area is 234 Å². The molecular weight excluding hydrogens is 510 g/mol. The third-order valence-electron chi connectivity index (χ3n) is 6.85. The molecule has 1 aliphatic rings. The van der Waals surface area contributed by atoms with E-state index in [1.807, 2.05) is 55.1 Å². The Morgan fingerprint density at radius 1 is 1.05 bits per heavy atom. The SMILES string of the molecule is CCOc1cc(CN2CCC(Nc3nc4c(NC(=O)COC)cccc4o3)CC2)cc(OCC)c1-n1cccc1. The van der Waals surface area contributed by atoms with E-state index in [1.54, 1.807) is 6.07 Å². The summed E-state index contributed by atoms with van der Waals surface area (Å²) in [5, 5.41) is 6.28. The molecule has 2 aromatic carbocycles. The maximum absolute atomic E-state index is 12.0. The van der Waals surface area contributed by atoms with Gasteiger partial charge in [-0.3, -0.25) is 9.69 Å². The number of likely N-dealkylation sites (tertiary alicyclic amines) is 1. The van der Waals surface area contributed by atoms with Crippen molar-refractivity contribution in [3.05, 3.63) is 60.4 Å². The number of ether oxygens (including phenoxy) is 3. The van der Waals surface area contributed by atoms with E-state index in [2.05, 4.69) is 32.7 Å². The number of amides is 1. The number of anilines is 2. The van der Waals surface area contributed by atoms with E-state index in [1.165, 1.54) is 7.11 Å². The van der Waals surface area contributed by atoms with Crippen LogP contribution in [0.3, 0.4) is 0 Å². The van der Waals surface area contributed by atoms with Crippen molar-refractivity contribution in [2.24, 2.45) is 0 Å². The minimum atomic E-state index is -0.235. The Hall–Kier alpha value is -4.02. The second-order valence-corrected chi connectivity index (χ2v) is 9.74. The van der Waals surface area contributed by atoms with Gasteiger partial charge in [-0.15, -0.1) is 0 Å². The zero-order chi connectivity index (χ0) is 27.9. The summed E-state index contributed by atoms with van der Waals surface area (Å²) < 4.78 is 25.0. The molecule has 5 rings (SSSR count). The molecule has 1 aliphatic heterocycles. The number of hydrogen-bond acceptors (Lipinski definition) is 8. The number of aromatic nitrogens is 2. The van der Waals surface area contributed by atoms with Gasteiger partial charge in [0, 0.05) is 45.2 Å². The first-order chi connectivity index (χ1) is 19.6. The van der Waals surface area contributed by atoms with E-state index in [9.17, 15) is 4.79 Å². The number of piperidine rings is 1. The van der Waals surface area contributed by atoms with Crippen LogP contribution in [0.25, 0.3) is 16.8 Å². The molecule has 4 aromatic rings. The molecule has 10 heteroatoms. The van der Waals surface area contributed by atoms with E-state index in [-0.39, 0.29) is 18.6 Å². The van der Waals surface area contributed by atoms with Gasteiger partial charge in [-0.2, -0.15) is 4.98 Å². The van der Waals surface area contributed by atoms with Gasteiger partial charge < -0.3 is 33.8 Å². The summed E-state index contributed by atoms with van der Waals surface area (Å²) in [6.45, 7) is 7.82. The van der Waals surface area contributed by atoms with Gasteiger partial charge in [-0.25, -0.2) is 0 Å². The zero-order valence-corrected chi connectivity index (χ0v) is 23.3. The van der Waals surface area contributed by atoms with E-state index < -0.39 is 0 Å².